The lowest BCUT2D eigenvalue weighted by Crippen LogP contribution is -2.37. The lowest BCUT2D eigenvalue weighted by Gasteiger charge is -2.33. The molecule has 2 aliphatic rings. The zero-order valence-electron chi connectivity index (χ0n) is 23.5. The number of aromatic nitrogens is 1. The summed E-state index contributed by atoms with van der Waals surface area (Å²) < 4.78 is 5.57. The number of fused-ring (bicyclic) bond motifs is 1. The molecule has 0 radical (unpaired) electrons. The van der Waals surface area contributed by atoms with E-state index in [4.69, 9.17) is 4.74 Å². The number of hydrogen-bond acceptors (Lipinski definition) is 5. The van der Waals surface area contributed by atoms with Crippen LogP contribution in [0.4, 0.5) is 0 Å². The number of amides is 1. The number of carbonyl (C=O) groups excluding carboxylic acids is 1. The van der Waals surface area contributed by atoms with Gasteiger partial charge in [-0.25, -0.2) is 4.98 Å². The van der Waals surface area contributed by atoms with Crippen LogP contribution in [0.15, 0.2) is 36.4 Å². The van der Waals surface area contributed by atoms with Gasteiger partial charge in [0.15, 0.2) is 0 Å². The quantitative estimate of drug-likeness (QED) is 0.350. The molecule has 1 fully saturated rings. The number of pyridine rings is 1. The van der Waals surface area contributed by atoms with Crippen LogP contribution in [0.3, 0.4) is 0 Å². The van der Waals surface area contributed by atoms with Gasteiger partial charge < -0.3 is 15.0 Å². The van der Waals surface area contributed by atoms with Crippen molar-refractivity contribution in [3.63, 3.8) is 0 Å². The Kier molecular flexibility index (Phi) is 8.20. The molecule has 0 spiro atoms. The monoisotopic (exact) mass is 531 g/mol. The van der Waals surface area contributed by atoms with E-state index < -0.39 is 0 Å². The molecule has 1 amide bonds. The minimum atomic E-state index is 0.161. The summed E-state index contributed by atoms with van der Waals surface area (Å²) in [5, 5.41) is 3.77. The molecule has 0 unspecified atom stereocenters. The van der Waals surface area contributed by atoms with Crippen LogP contribution in [0.2, 0.25) is 0 Å². The van der Waals surface area contributed by atoms with Crippen LogP contribution >= 0.6 is 11.3 Å². The molecule has 0 bridgehead atoms. The molecule has 1 saturated carbocycles. The molecule has 6 heteroatoms. The average molecular weight is 532 g/mol. The van der Waals surface area contributed by atoms with Crippen molar-refractivity contribution < 1.29 is 9.53 Å². The molecule has 1 aliphatic carbocycles. The molecule has 1 N–H and O–H groups in total. The third-order valence-corrected chi connectivity index (χ3v) is 10.2. The van der Waals surface area contributed by atoms with Gasteiger partial charge >= 0.3 is 0 Å². The fourth-order valence-corrected chi connectivity index (χ4v) is 7.84. The first-order valence-corrected chi connectivity index (χ1v) is 14.9. The van der Waals surface area contributed by atoms with E-state index in [9.17, 15) is 4.79 Å². The maximum Gasteiger partial charge on any atom is 0.255 e. The third-order valence-electron chi connectivity index (χ3n) is 8.68. The summed E-state index contributed by atoms with van der Waals surface area (Å²) >= 11 is 1.90. The van der Waals surface area contributed by atoms with E-state index in [1.165, 1.54) is 46.6 Å². The first kappa shape index (κ1) is 26.9. The number of carbonyl (C=O) groups is 1. The Bertz CT molecular complexity index is 1280. The van der Waals surface area contributed by atoms with E-state index in [1.807, 2.05) is 23.2 Å². The number of benzene rings is 1. The molecule has 2 aromatic heterocycles. The number of thiophene rings is 1. The van der Waals surface area contributed by atoms with Crippen molar-refractivity contribution in [1.82, 2.24) is 15.2 Å². The Labute approximate surface area is 231 Å². The largest absolute Gasteiger partial charge is 0.481 e. The highest BCUT2D eigenvalue weighted by Crippen LogP contribution is 2.43. The Hall–Kier alpha value is -2.70. The van der Waals surface area contributed by atoms with Crippen molar-refractivity contribution in [1.29, 1.82) is 0 Å². The Morgan fingerprint density at radius 2 is 1.87 bits per heavy atom. The minimum Gasteiger partial charge on any atom is -0.481 e. The molecule has 1 aliphatic heterocycles. The lowest BCUT2D eigenvalue weighted by atomic mass is 9.77. The van der Waals surface area contributed by atoms with Crippen molar-refractivity contribution in [2.45, 2.75) is 84.8 Å². The van der Waals surface area contributed by atoms with Gasteiger partial charge in [-0.15, -0.1) is 11.3 Å². The van der Waals surface area contributed by atoms with Crippen molar-refractivity contribution in [2.75, 3.05) is 13.7 Å². The van der Waals surface area contributed by atoms with Crippen LogP contribution in [-0.4, -0.2) is 35.5 Å². The molecule has 0 saturated heterocycles. The molecule has 5 nitrogen and oxygen atoms in total. The van der Waals surface area contributed by atoms with Crippen LogP contribution in [0, 0.1) is 26.7 Å². The fourth-order valence-electron chi connectivity index (χ4n) is 6.41. The van der Waals surface area contributed by atoms with Crippen molar-refractivity contribution in [2.24, 2.45) is 5.92 Å². The van der Waals surface area contributed by atoms with Gasteiger partial charge in [-0.05, 0) is 81.0 Å². The standard InChI is InChI=1S/C32H41N3O2S/c1-20-17-21(2)34-31(37-5)27(20)19-35-16-15-28-29(32(35)36)23(4)30(38-28)22(3)25-11-13-26(14-12-25)33-18-24-9-7-6-8-10-24/h6-10,17,22,25-26,33H,11-16,18-19H2,1-5H3/t22-,25?,26?/m1/s1. The zero-order valence-corrected chi connectivity index (χ0v) is 24.3. The predicted octanol–water partition coefficient (Wildman–Crippen LogP) is 6.73. The summed E-state index contributed by atoms with van der Waals surface area (Å²) in [6.07, 6.45) is 5.87. The van der Waals surface area contributed by atoms with Gasteiger partial charge in [-0.1, -0.05) is 37.3 Å². The van der Waals surface area contributed by atoms with Crippen molar-refractivity contribution in [3.05, 3.63) is 79.7 Å². The molecule has 202 valence electrons. The summed E-state index contributed by atoms with van der Waals surface area (Å²) in [7, 11) is 1.66. The van der Waals surface area contributed by atoms with E-state index >= 15 is 0 Å². The van der Waals surface area contributed by atoms with Crippen molar-refractivity contribution in [3.8, 4) is 5.88 Å². The molecule has 5 rings (SSSR count). The lowest BCUT2D eigenvalue weighted by molar-refractivity contribution is 0.0726. The molecule has 38 heavy (non-hydrogen) atoms. The number of rotatable bonds is 8. The normalized spacial score (nSPS) is 20.3. The van der Waals surface area contributed by atoms with E-state index in [0.29, 0.717) is 30.3 Å². The minimum absolute atomic E-state index is 0.161. The topological polar surface area (TPSA) is 54.5 Å². The summed E-state index contributed by atoms with van der Waals surface area (Å²) in [4.78, 5) is 23.0. The number of ether oxygens (including phenoxy) is 1. The van der Waals surface area contributed by atoms with Crippen LogP contribution in [0.5, 0.6) is 5.88 Å². The summed E-state index contributed by atoms with van der Waals surface area (Å²) in [5.74, 6) is 1.96. The van der Waals surface area contributed by atoms with Crippen LogP contribution in [-0.2, 0) is 19.5 Å². The first-order valence-electron chi connectivity index (χ1n) is 14.1. The van der Waals surface area contributed by atoms with Gasteiger partial charge in [-0.3, -0.25) is 4.79 Å². The smallest absolute Gasteiger partial charge is 0.255 e. The van der Waals surface area contributed by atoms with Crippen LogP contribution in [0.1, 0.15) is 86.6 Å². The second kappa shape index (κ2) is 11.6. The van der Waals surface area contributed by atoms with E-state index in [2.05, 4.69) is 67.5 Å². The van der Waals surface area contributed by atoms with Gasteiger partial charge in [0.2, 0.25) is 5.88 Å². The van der Waals surface area contributed by atoms with Gasteiger partial charge in [0.1, 0.15) is 0 Å². The Morgan fingerprint density at radius 1 is 1.13 bits per heavy atom. The SMILES string of the molecule is COc1nc(C)cc(C)c1CN1CCc2sc([C@H](C)C3CCC(NCc4ccccc4)CC3)c(C)c2C1=O. The van der Waals surface area contributed by atoms with Crippen LogP contribution in [0.25, 0.3) is 0 Å². The second-order valence-electron chi connectivity index (χ2n) is 11.2. The number of nitrogens with one attached hydrogen (secondary N) is 1. The molecular weight excluding hydrogens is 490 g/mol. The number of methoxy groups -OCH3 is 1. The molecule has 3 aromatic rings. The van der Waals surface area contributed by atoms with E-state index in [-0.39, 0.29) is 5.91 Å². The number of nitrogens with zero attached hydrogens (tertiary/aromatic N) is 2. The van der Waals surface area contributed by atoms with Gasteiger partial charge in [-0.2, -0.15) is 0 Å². The summed E-state index contributed by atoms with van der Waals surface area (Å²) in [6.45, 7) is 10.9. The fraction of sp³-hybridized carbons (Fsp3) is 0.500. The Morgan fingerprint density at radius 3 is 2.58 bits per heavy atom. The molecule has 1 aromatic carbocycles. The zero-order chi connectivity index (χ0) is 26.8. The highest BCUT2D eigenvalue weighted by Gasteiger charge is 2.34. The maximum absolute atomic E-state index is 13.7. The van der Waals surface area contributed by atoms with Gasteiger partial charge in [0, 0.05) is 46.6 Å². The number of aryl methyl sites for hydroxylation is 2. The van der Waals surface area contributed by atoms with E-state index in [1.54, 1.807) is 7.11 Å². The van der Waals surface area contributed by atoms with Crippen LogP contribution < -0.4 is 10.1 Å². The second-order valence-corrected chi connectivity index (χ2v) is 12.3. The highest BCUT2D eigenvalue weighted by molar-refractivity contribution is 7.12. The average Bonchev–Trinajstić information content (AvgIpc) is 3.27. The first-order chi connectivity index (χ1) is 18.4. The van der Waals surface area contributed by atoms with Gasteiger partial charge in [0.25, 0.3) is 5.91 Å². The van der Waals surface area contributed by atoms with Crippen molar-refractivity contribution >= 4 is 17.2 Å². The summed E-state index contributed by atoms with van der Waals surface area (Å²) in [5.41, 5.74) is 6.59. The third kappa shape index (κ3) is 5.52. The molecular formula is C32H41N3O2S. The van der Waals surface area contributed by atoms with Gasteiger partial charge in [0.05, 0.1) is 19.2 Å². The highest BCUT2D eigenvalue weighted by atomic mass is 32.1. The summed E-state index contributed by atoms with van der Waals surface area (Å²) in [6, 6.07) is 13.4. The maximum atomic E-state index is 13.7. The molecule has 3 heterocycles. The number of hydrogen-bond donors (Lipinski definition) is 1. The molecule has 1 atom stereocenters. The Balaban J connectivity index is 1.24. The predicted molar refractivity (Wildman–Crippen MR) is 155 cm³/mol. The van der Waals surface area contributed by atoms with E-state index in [0.717, 1.165) is 41.9 Å².